The lowest BCUT2D eigenvalue weighted by molar-refractivity contribution is 0.476. The van der Waals surface area contributed by atoms with E-state index in [4.69, 9.17) is 17.8 Å². The normalized spacial score (nSPS) is 23.3. The van der Waals surface area contributed by atoms with Crippen LogP contribution in [0.4, 0.5) is 0 Å². The van der Waals surface area contributed by atoms with Crippen molar-refractivity contribution in [2.75, 3.05) is 0 Å². The summed E-state index contributed by atoms with van der Waals surface area (Å²) in [4.78, 5) is 6.89. The molecule has 3 heteroatoms. The zero-order chi connectivity index (χ0) is 25.3. The van der Waals surface area contributed by atoms with E-state index in [0.717, 1.165) is 0 Å². The van der Waals surface area contributed by atoms with Crippen molar-refractivity contribution >= 4 is 11.0 Å². The van der Waals surface area contributed by atoms with Gasteiger partial charge in [0.15, 0.2) is 0 Å². The van der Waals surface area contributed by atoms with Gasteiger partial charge in [-0.3, -0.25) is 0 Å². The molecule has 0 aliphatic rings. The van der Waals surface area contributed by atoms with Gasteiger partial charge in [0.2, 0.25) is 0 Å². The van der Waals surface area contributed by atoms with E-state index in [1.54, 1.807) is 0 Å². The fraction of sp³-hybridized carbons (Fsp3) is 0.235. The molecule has 0 bridgehead atoms. The van der Waals surface area contributed by atoms with Crippen molar-refractivity contribution in [3.63, 3.8) is 0 Å². The fourth-order valence-electron chi connectivity index (χ4n) is 1.73. The molecule has 0 amide bonds. The third-order valence-corrected chi connectivity index (χ3v) is 2.70. The van der Waals surface area contributed by atoms with Gasteiger partial charge in [-0.1, -0.05) is 44.7 Å². The van der Waals surface area contributed by atoms with Crippen molar-refractivity contribution in [2.45, 2.75) is 26.0 Å². The Labute approximate surface area is 136 Å². The maximum absolute atomic E-state index is 9.62. The van der Waals surface area contributed by atoms with Gasteiger partial charge in [-0.25, -0.2) is 4.98 Å². The summed E-state index contributed by atoms with van der Waals surface area (Å²) in [5.41, 5.74) is -4.74. The van der Waals surface area contributed by atoms with Crippen LogP contribution in [0.1, 0.15) is 43.9 Å². The molecule has 3 nitrogen and oxygen atoms in total. The zero-order valence-electron chi connectivity index (χ0n) is 23.1. The van der Waals surface area contributed by atoms with Gasteiger partial charge in [0.25, 0.3) is 0 Å². The van der Waals surface area contributed by atoms with Crippen LogP contribution in [-0.2, 0) is 5.41 Å². The molecule has 0 saturated heterocycles. The third-order valence-electron chi connectivity index (χ3n) is 2.70. The van der Waals surface area contributed by atoms with Crippen molar-refractivity contribution < 1.29 is 22.9 Å². The standard InChI is InChI=1S/C17H18N2O/c1-17(2,3)12-6-4-11(5-7-12)16-18-14-9-8-13(20)10-15(14)19-16/h4-10,20H,1-3H3,(H,18,19)/i1D3,2D3,3D3,4D,5D,6D,7D. The zero-order valence-corrected chi connectivity index (χ0v) is 10.1. The number of nitrogens with one attached hydrogen (secondary N) is 1. The van der Waals surface area contributed by atoms with Crippen LogP contribution in [0, 0.1) is 0 Å². The second-order valence-corrected chi connectivity index (χ2v) is 4.29. The van der Waals surface area contributed by atoms with E-state index in [1.165, 1.54) is 18.2 Å². The molecule has 20 heavy (non-hydrogen) atoms. The SMILES string of the molecule is [2H]c1c([2H])c(C(C([2H])([2H])[2H])(C([2H])([2H])[2H])C([2H])([2H])[2H])c([2H])c([2H])c1-c1nc2ccc(O)cc2[nH]1. The Balaban J connectivity index is 2.47. The number of fused-ring (bicyclic) bond motifs is 1. The number of hydrogen-bond donors (Lipinski definition) is 2. The van der Waals surface area contributed by atoms with Crippen LogP contribution in [0.25, 0.3) is 22.4 Å². The summed E-state index contributed by atoms with van der Waals surface area (Å²) < 4.78 is 104. The topological polar surface area (TPSA) is 48.9 Å². The van der Waals surface area contributed by atoms with Crippen molar-refractivity contribution in [1.82, 2.24) is 9.97 Å². The van der Waals surface area contributed by atoms with Gasteiger partial charge in [0.05, 0.1) is 16.5 Å². The number of nitrogens with zero attached hydrogens (tertiary/aromatic N) is 1. The number of phenolic OH excluding ortho intramolecular Hbond substituents is 1. The monoisotopic (exact) mass is 279 g/mol. The summed E-state index contributed by atoms with van der Waals surface area (Å²) >= 11 is 0. The Kier molecular flexibility index (Phi) is 1.01. The summed E-state index contributed by atoms with van der Waals surface area (Å²) in [5.74, 6) is -0.271. The molecular weight excluding hydrogens is 248 g/mol. The highest BCUT2D eigenvalue weighted by Crippen LogP contribution is 2.27. The average Bonchev–Trinajstić information content (AvgIpc) is 3.02. The number of aromatic hydroxyl groups is 1. The van der Waals surface area contributed by atoms with Crippen LogP contribution in [0.5, 0.6) is 5.75 Å². The van der Waals surface area contributed by atoms with Gasteiger partial charge in [-0.15, -0.1) is 0 Å². The Morgan fingerprint density at radius 1 is 1.20 bits per heavy atom. The molecular formula is C17H18N2O. The van der Waals surface area contributed by atoms with Crippen molar-refractivity contribution in [3.05, 3.63) is 47.9 Å². The molecule has 0 aliphatic carbocycles. The van der Waals surface area contributed by atoms with E-state index in [9.17, 15) is 5.11 Å². The van der Waals surface area contributed by atoms with Gasteiger partial charge < -0.3 is 10.1 Å². The lowest BCUT2D eigenvalue weighted by atomic mass is 9.87. The minimum absolute atomic E-state index is 0.106. The quantitative estimate of drug-likeness (QED) is 0.700. The van der Waals surface area contributed by atoms with Crippen molar-refractivity contribution in [1.29, 1.82) is 0 Å². The molecule has 2 N–H and O–H groups in total. The number of aromatic nitrogens is 2. The number of imidazole rings is 1. The maximum atomic E-state index is 9.62. The first kappa shape index (κ1) is 4.62. The van der Waals surface area contributed by atoms with E-state index in [1.807, 2.05) is 0 Å². The van der Waals surface area contributed by atoms with Gasteiger partial charge in [0, 0.05) is 24.0 Å². The van der Waals surface area contributed by atoms with Crippen LogP contribution < -0.4 is 0 Å². The predicted molar refractivity (Wildman–Crippen MR) is 81.9 cm³/mol. The highest BCUT2D eigenvalue weighted by Gasteiger charge is 2.13. The van der Waals surface area contributed by atoms with E-state index in [0.29, 0.717) is 11.0 Å². The molecule has 3 rings (SSSR count). The summed E-state index contributed by atoms with van der Waals surface area (Å²) in [6.07, 6.45) is 0. The van der Waals surface area contributed by atoms with Crippen molar-refractivity contribution in [3.8, 4) is 17.1 Å². The molecule has 1 aromatic heterocycles. The smallest absolute Gasteiger partial charge is 0.138 e. The first-order chi connectivity index (χ1) is 14.9. The number of rotatable bonds is 1. The summed E-state index contributed by atoms with van der Waals surface area (Å²) in [6, 6.07) is 0.114. The van der Waals surface area contributed by atoms with E-state index in [2.05, 4.69) is 9.97 Å². The van der Waals surface area contributed by atoms with Crippen molar-refractivity contribution in [2.24, 2.45) is 0 Å². The first-order valence-electron chi connectivity index (χ1n) is 12.2. The van der Waals surface area contributed by atoms with Gasteiger partial charge in [0.1, 0.15) is 11.6 Å². The number of benzene rings is 2. The van der Waals surface area contributed by atoms with Gasteiger partial charge >= 0.3 is 0 Å². The number of aromatic amines is 1. The number of H-pyrrole nitrogens is 1. The molecule has 0 fully saturated rings. The minimum Gasteiger partial charge on any atom is -0.508 e. The molecule has 0 saturated carbocycles. The summed E-state index contributed by atoms with van der Waals surface area (Å²) in [6.45, 7) is -11.2. The maximum Gasteiger partial charge on any atom is 0.138 e. The predicted octanol–water partition coefficient (Wildman–Crippen LogP) is 4.23. The van der Waals surface area contributed by atoms with Crippen LogP contribution in [0.15, 0.2) is 42.4 Å². The second kappa shape index (κ2) is 4.37. The summed E-state index contributed by atoms with van der Waals surface area (Å²) in [7, 11) is 0. The lowest BCUT2D eigenvalue weighted by Crippen LogP contribution is -2.10. The second-order valence-electron chi connectivity index (χ2n) is 4.29. The van der Waals surface area contributed by atoms with Crippen LogP contribution in [0.3, 0.4) is 0 Å². The van der Waals surface area contributed by atoms with Crippen LogP contribution >= 0.6 is 0 Å². The first-order valence-corrected chi connectivity index (χ1v) is 5.66. The largest absolute Gasteiger partial charge is 0.508 e. The molecule has 3 aromatic rings. The van der Waals surface area contributed by atoms with E-state index in [-0.39, 0.29) is 11.6 Å². The average molecular weight is 279 g/mol. The lowest BCUT2D eigenvalue weighted by Gasteiger charge is -2.18. The summed E-state index contributed by atoms with van der Waals surface area (Å²) in [5, 5.41) is 9.62. The number of hydrogen-bond acceptors (Lipinski definition) is 2. The molecule has 0 atom stereocenters. The van der Waals surface area contributed by atoms with E-state index < -0.39 is 61.3 Å². The number of phenols is 1. The molecule has 0 radical (unpaired) electrons. The molecule has 0 unspecified atom stereocenters. The Hall–Kier alpha value is -2.29. The highest BCUT2D eigenvalue weighted by molar-refractivity contribution is 5.80. The van der Waals surface area contributed by atoms with Crippen LogP contribution in [-0.4, -0.2) is 15.1 Å². The molecule has 2 aromatic carbocycles. The Morgan fingerprint density at radius 3 is 2.65 bits per heavy atom. The molecule has 0 spiro atoms. The minimum atomic E-state index is -3.74. The Morgan fingerprint density at radius 2 is 1.95 bits per heavy atom. The Bertz CT molecular complexity index is 1170. The highest BCUT2D eigenvalue weighted by atomic mass is 16.3. The van der Waals surface area contributed by atoms with E-state index >= 15 is 0 Å². The van der Waals surface area contributed by atoms with Gasteiger partial charge in [-0.2, -0.15) is 0 Å². The third kappa shape index (κ3) is 2.27. The molecule has 1 heterocycles. The van der Waals surface area contributed by atoms with Gasteiger partial charge in [-0.05, 0) is 23.1 Å². The fourth-order valence-corrected chi connectivity index (χ4v) is 1.73. The molecule has 0 aliphatic heterocycles. The van der Waals surface area contributed by atoms with Crippen LogP contribution in [0.2, 0.25) is 0 Å². The molecule has 102 valence electrons.